The Hall–Kier alpha value is -3.94. The van der Waals surface area contributed by atoms with E-state index in [0.717, 1.165) is 33.9 Å². The number of aromatic carboxylic acids is 1. The minimum absolute atomic E-state index is 0.00299. The lowest BCUT2D eigenvalue weighted by Crippen LogP contribution is -2.28. The van der Waals surface area contributed by atoms with Crippen molar-refractivity contribution in [3.05, 3.63) is 111 Å². The number of amides is 1. The van der Waals surface area contributed by atoms with Gasteiger partial charge in [-0.05, 0) is 71.6 Å². The molecule has 0 fully saturated rings. The van der Waals surface area contributed by atoms with Gasteiger partial charge in [0.2, 0.25) is 0 Å². The van der Waals surface area contributed by atoms with Crippen molar-refractivity contribution in [3.63, 3.8) is 0 Å². The predicted octanol–water partition coefficient (Wildman–Crippen LogP) is 8.28. The second-order valence-electron chi connectivity index (χ2n) is 9.23. The molecule has 0 aliphatic heterocycles. The summed E-state index contributed by atoms with van der Waals surface area (Å²) in [5.41, 5.74) is 4.61. The van der Waals surface area contributed by atoms with Crippen LogP contribution in [0.15, 0.2) is 89.4 Å². The average Bonchev–Trinajstić information content (AvgIpc) is 3.35. The molecule has 1 atom stereocenters. The molecule has 0 radical (unpaired) electrons. The quantitative estimate of drug-likeness (QED) is 0.167. The molecular weight excluding hydrogens is 578 g/mol. The summed E-state index contributed by atoms with van der Waals surface area (Å²) >= 11 is 9.83. The number of rotatable bonds is 8. The third kappa shape index (κ3) is 5.75. The highest BCUT2D eigenvalue weighted by Crippen LogP contribution is 2.36. The van der Waals surface area contributed by atoms with Crippen molar-refractivity contribution in [2.45, 2.75) is 25.8 Å². The number of aromatic amines is 1. The third-order valence-corrected chi connectivity index (χ3v) is 7.30. The number of hydrogen-bond acceptors (Lipinski definition) is 3. The number of imidazole rings is 1. The van der Waals surface area contributed by atoms with Gasteiger partial charge in [0.15, 0.2) is 0 Å². The summed E-state index contributed by atoms with van der Waals surface area (Å²) in [4.78, 5) is 33.7. The number of nitrogens with zero attached hydrogens (tertiary/aromatic N) is 1. The summed E-state index contributed by atoms with van der Waals surface area (Å²) in [5.74, 6) is -0.897. The maximum atomic E-state index is 13.3. The lowest BCUT2D eigenvalue weighted by Gasteiger charge is -2.19. The SMILES string of the molecule is CCCC(NC(=O)c1ccc(-c2cc(Cl)ccc2-c2nc3cc(Br)ccc3[nH]2)c(C(=O)O)c1)c1ccccc1. The van der Waals surface area contributed by atoms with Crippen LogP contribution in [-0.4, -0.2) is 27.0 Å². The first-order valence-corrected chi connectivity index (χ1v) is 13.7. The first-order valence-electron chi connectivity index (χ1n) is 12.5. The van der Waals surface area contributed by atoms with Crippen molar-refractivity contribution in [3.8, 4) is 22.5 Å². The molecule has 1 amide bonds. The molecule has 6 nitrogen and oxygen atoms in total. The number of fused-ring (bicyclic) bond motifs is 1. The molecule has 39 heavy (non-hydrogen) atoms. The number of benzene rings is 4. The van der Waals surface area contributed by atoms with Crippen LogP contribution in [0.2, 0.25) is 5.02 Å². The summed E-state index contributed by atoms with van der Waals surface area (Å²) in [6.45, 7) is 2.06. The van der Waals surface area contributed by atoms with Crippen molar-refractivity contribution in [2.24, 2.45) is 0 Å². The standard InChI is InChI=1S/C31H25BrClN3O3/c1-2-6-26(18-7-4-3-5-8-18)36-30(37)19-9-12-22(25(15-19)31(38)39)24-17-21(33)11-13-23(24)29-34-27-14-10-20(32)16-28(27)35-29/h3-5,7-17,26H,2,6H2,1H3,(H,34,35)(H,36,37)(H,38,39). The van der Waals surface area contributed by atoms with Crippen molar-refractivity contribution in [2.75, 3.05) is 0 Å². The van der Waals surface area contributed by atoms with Crippen LogP contribution in [0.1, 0.15) is 52.1 Å². The molecule has 4 aromatic carbocycles. The van der Waals surface area contributed by atoms with Gasteiger partial charge in [0.05, 0.1) is 22.6 Å². The largest absolute Gasteiger partial charge is 0.478 e. The number of carboxylic acids is 1. The van der Waals surface area contributed by atoms with Gasteiger partial charge in [-0.15, -0.1) is 0 Å². The number of H-pyrrole nitrogens is 1. The molecular formula is C31H25BrClN3O3. The van der Waals surface area contributed by atoms with Gasteiger partial charge in [-0.2, -0.15) is 0 Å². The first kappa shape index (κ1) is 26.7. The first-order chi connectivity index (χ1) is 18.8. The van der Waals surface area contributed by atoms with E-state index in [0.29, 0.717) is 27.5 Å². The molecule has 5 rings (SSSR count). The van der Waals surface area contributed by atoms with Crippen LogP contribution in [0.4, 0.5) is 0 Å². The highest BCUT2D eigenvalue weighted by Gasteiger charge is 2.21. The van der Waals surface area contributed by atoms with Gasteiger partial charge in [0, 0.05) is 20.6 Å². The zero-order chi connectivity index (χ0) is 27.5. The fourth-order valence-electron chi connectivity index (χ4n) is 4.69. The van der Waals surface area contributed by atoms with Crippen LogP contribution in [0, 0.1) is 0 Å². The highest BCUT2D eigenvalue weighted by atomic mass is 79.9. The molecule has 0 aliphatic rings. The minimum Gasteiger partial charge on any atom is -0.478 e. The van der Waals surface area contributed by atoms with Crippen molar-refractivity contribution in [1.82, 2.24) is 15.3 Å². The van der Waals surface area contributed by atoms with Crippen LogP contribution in [-0.2, 0) is 0 Å². The van der Waals surface area contributed by atoms with E-state index < -0.39 is 5.97 Å². The topological polar surface area (TPSA) is 95.1 Å². The Kier molecular flexibility index (Phi) is 7.82. The van der Waals surface area contributed by atoms with E-state index in [2.05, 4.69) is 33.2 Å². The van der Waals surface area contributed by atoms with Crippen molar-refractivity contribution in [1.29, 1.82) is 0 Å². The van der Waals surface area contributed by atoms with E-state index in [9.17, 15) is 14.7 Å². The van der Waals surface area contributed by atoms with Crippen molar-refractivity contribution < 1.29 is 14.7 Å². The Labute approximate surface area is 239 Å². The monoisotopic (exact) mass is 601 g/mol. The van der Waals surface area contributed by atoms with Gasteiger partial charge in [-0.1, -0.05) is 77.3 Å². The van der Waals surface area contributed by atoms with Crippen LogP contribution in [0.3, 0.4) is 0 Å². The smallest absolute Gasteiger partial charge is 0.336 e. The van der Waals surface area contributed by atoms with Crippen LogP contribution >= 0.6 is 27.5 Å². The van der Waals surface area contributed by atoms with E-state index in [4.69, 9.17) is 16.6 Å². The number of hydrogen-bond donors (Lipinski definition) is 3. The highest BCUT2D eigenvalue weighted by molar-refractivity contribution is 9.10. The Morgan fingerprint density at radius 3 is 2.49 bits per heavy atom. The average molecular weight is 603 g/mol. The fourth-order valence-corrected chi connectivity index (χ4v) is 5.21. The molecule has 5 aromatic rings. The lowest BCUT2D eigenvalue weighted by atomic mass is 9.93. The van der Waals surface area contributed by atoms with Gasteiger partial charge in [-0.25, -0.2) is 9.78 Å². The number of carbonyl (C=O) groups excluding carboxylic acids is 1. The zero-order valence-corrected chi connectivity index (χ0v) is 23.4. The van der Waals surface area contributed by atoms with Gasteiger partial charge < -0.3 is 15.4 Å². The Morgan fingerprint density at radius 1 is 0.974 bits per heavy atom. The molecule has 0 aliphatic carbocycles. The number of halogens is 2. The molecule has 0 bridgehead atoms. The Morgan fingerprint density at radius 2 is 1.74 bits per heavy atom. The van der Waals surface area contributed by atoms with Gasteiger partial charge in [-0.3, -0.25) is 4.79 Å². The van der Waals surface area contributed by atoms with E-state index in [-0.39, 0.29) is 23.1 Å². The molecule has 196 valence electrons. The third-order valence-electron chi connectivity index (χ3n) is 6.57. The minimum atomic E-state index is -1.15. The van der Waals surface area contributed by atoms with Crippen LogP contribution < -0.4 is 5.32 Å². The predicted molar refractivity (Wildman–Crippen MR) is 158 cm³/mol. The fraction of sp³-hybridized carbons (Fsp3) is 0.129. The molecule has 0 saturated carbocycles. The Balaban J connectivity index is 1.54. The summed E-state index contributed by atoms with van der Waals surface area (Å²) in [7, 11) is 0. The Bertz CT molecular complexity index is 1680. The molecule has 0 saturated heterocycles. The maximum Gasteiger partial charge on any atom is 0.336 e. The van der Waals surface area contributed by atoms with Crippen LogP contribution in [0.25, 0.3) is 33.5 Å². The normalized spacial score (nSPS) is 11.9. The maximum absolute atomic E-state index is 13.3. The number of nitrogens with one attached hydrogen (secondary N) is 2. The second-order valence-corrected chi connectivity index (χ2v) is 10.6. The number of carboxylic acid groups (broad SMARTS) is 1. The number of aromatic nitrogens is 2. The molecule has 1 aromatic heterocycles. The van der Waals surface area contributed by atoms with Crippen molar-refractivity contribution >= 4 is 50.4 Å². The molecule has 0 spiro atoms. The summed E-state index contributed by atoms with van der Waals surface area (Å²) in [5, 5.41) is 13.7. The molecule has 1 heterocycles. The van der Waals surface area contributed by atoms with E-state index in [1.165, 1.54) is 6.07 Å². The second kappa shape index (κ2) is 11.4. The molecule has 8 heteroatoms. The summed E-state index contributed by atoms with van der Waals surface area (Å²) in [6, 6.07) is 25.3. The lowest BCUT2D eigenvalue weighted by molar-refractivity contribution is 0.0697. The van der Waals surface area contributed by atoms with Gasteiger partial charge in [0.1, 0.15) is 5.82 Å². The van der Waals surface area contributed by atoms with E-state index in [1.54, 1.807) is 24.3 Å². The van der Waals surface area contributed by atoms with Gasteiger partial charge >= 0.3 is 5.97 Å². The zero-order valence-electron chi connectivity index (χ0n) is 21.0. The summed E-state index contributed by atoms with van der Waals surface area (Å²) in [6.07, 6.45) is 1.65. The number of carbonyl (C=O) groups is 2. The van der Waals surface area contributed by atoms with Gasteiger partial charge in [0.25, 0.3) is 5.91 Å². The summed E-state index contributed by atoms with van der Waals surface area (Å²) < 4.78 is 0.903. The molecule has 3 N–H and O–H groups in total. The molecule has 1 unspecified atom stereocenters. The van der Waals surface area contributed by atoms with E-state index >= 15 is 0 Å². The van der Waals surface area contributed by atoms with E-state index in [1.807, 2.05) is 54.6 Å². The van der Waals surface area contributed by atoms with Crippen LogP contribution in [0.5, 0.6) is 0 Å².